The molecule has 0 atom stereocenters. The molecule has 11 heteroatoms. The Bertz CT molecular complexity index is 1400. The van der Waals surface area contributed by atoms with Gasteiger partial charge in [0.25, 0.3) is 0 Å². The Balaban J connectivity index is 1.41. The van der Waals surface area contributed by atoms with Crippen LogP contribution in [-0.4, -0.2) is 30.4 Å². The molecule has 0 saturated heterocycles. The van der Waals surface area contributed by atoms with E-state index in [-0.39, 0.29) is 30.5 Å². The molecular weight excluding hydrogens is 447 g/mol. The van der Waals surface area contributed by atoms with Gasteiger partial charge in [-0.2, -0.15) is 13.2 Å². The third-order valence-corrected chi connectivity index (χ3v) is 5.54. The first kappa shape index (κ1) is 21.6. The van der Waals surface area contributed by atoms with E-state index in [9.17, 15) is 18.0 Å². The number of benzene rings is 1. The van der Waals surface area contributed by atoms with Gasteiger partial charge in [-0.15, -0.1) is 0 Å². The monoisotopic (exact) mass is 465 g/mol. The number of hydrogen-bond acceptors (Lipinski definition) is 6. The fourth-order valence-corrected chi connectivity index (χ4v) is 3.85. The summed E-state index contributed by atoms with van der Waals surface area (Å²) in [7, 11) is 1.51. The highest BCUT2D eigenvalue weighted by molar-refractivity contribution is 6.00. The molecule has 0 bridgehead atoms. The maximum atomic E-state index is 13.0. The summed E-state index contributed by atoms with van der Waals surface area (Å²) in [5.74, 6) is 1.24. The second-order valence-electron chi connectivity index (χ2n) is 7.89. The fraction of sp³-hybridized carbons (Fsp3) is 0.174. The van der Waals surface area contributed by atoms with Crippen LogP contribution in [0.5, 0.6) is 0 Å². The lowest BCUT2D eigenvalue weighted by molar-refractivity contribution is -0.140. The third-order valence-electron chi connectivity index (χ3n) is 5.54. The Kier molecular flexibility index (Phi) is 5.03. The van der Waals surface area contributed by atoms with Crippen molar-refractivity contribution in [3.63, 3.8) is 0 Å². The molecule has 8 nitrogen and oxygen atoms in total. The smallest absolute Gasteiger partial charge is 0.383 e. The quantitative estimate of drug-likeness (QED) is 0.494. The highest BCUT2D eigenvalue weighted by Gasteiger charge is 2.34. The van der Waals surface area contributed by atoms with Crippen LogP contribution in [0.4, 0.5) is 24.8 Å². The van der Waals surface area contributed by atoms with Gasteiger partial charge >= 0.3 is 6.18 Å². The van der Waals surface area contributed by atoms with E-state index in [1.165, 1.54) is 11.6 Å². The van der Waals surface area contributed by atoms with Crippen LogP contribution in [0.1, 0.15) is 16.8 Å². The number of anilines is 2. The van der Waals surface area contributed by atoms with Gasteiger partial charge in [0, 0.05) is 36.8 Å². The Morgan fingerprint density at radius 1 is 1.09 bits per heavy atom. The average Bonchev–Trinajstić information content (AvgIpc) is 3.34. The fourth-order valence-electron chi connectivity index (χ4n) is 3.85. The zero-order valence-corrected chi connectivity index (χ0v) is 17.9. The average molecular weight is 465 g/mol. The van der Waals surface area contributed by atoms with Gasteiger partial charge in [0.05, 0.1) is 18.5 Å². The molecule has 2 N–H and O–H groups in total. The summed E-state index contributed by atoms with van der Waals surface area (Å²) >= 11 is 0. The van der Waals surface area contributed by atoms with Gasteiger partial charge in [0.2, 0.25) is 5.91 Å². The summed E-state index contributed by atoms with van der Waals surface area (Å²) in [6, 6.07) is 10.4. The highest BCUT2D eigenvalue weighted by atomic mass is 19.4. The van der Waals surface area contributed by atoms with E-state index in [0.717, 1.165) is 11.8 Å². The summed E-state index contributed by atoms with van der Waals surface area (Å²) in [4.78, 5) is 30.9. The van der Waals surface area contributed by atoms with Gasteiger partial charge < -0.3 is 10.3 Å². The molecule has 0 aliphatic carbocycles. The molecule has 4 heterocycles. The molecule has 1 amide bonds. The van der Waals surface area contributed by atoms with E-state index < -0.39 is 11.9 Å². The van der Waals surface area contributed by atoms with Crippen molar-refractivity contribution in [2.45, 2.75) is 19.1 Å². The van der Waals surface area contributed by atoms with Crippen LogP contribution in [0.15, 0.2) is 55.0 Å². The summed E-state index contributed by atoms with van der Waals surface area (Å²) in [5, 5.41) is 0. The minimum atomic E-state index is -4.51. The second kappa shape index (κ2) is 7.94. The number of carbonyl (C=O) groups is 1. The number of aromatic nitrogens is 5. The first-order chi connectivity index (χ1) is 16.2. The largest absolute Gasteiger partial charge is 0.434 e. The summed E-state index contributed by atoms with van der Waals surface area (Å²) in [6.45, 7) is 0.249. The minimum Gasteiger partial charge on any atom is -0.383 e. The number of nitrogens with two attached hydrogens (primary N) is 1. The van der Waals surface area contributed by atoms with Gasteiger partial charge in [-0.25, -0.2) is 19.9 Å². The van der Waals surface area contributed by atoms with E-state index in [0.29, 0.717) is 28.3 Å². The molecule has 1 aromatic carbocycles. The molecule has 1 aliphatic heterocycles. The van der Waals surface area contributed by atoms with Crippen LogP contribution in [0.25, 0.3) is 22.8 Å². The molecule has 0 saturated carbocycles. The first-order valence-corrected chi connectivity index (χ1v) is 10.3. The number of nitrogens with zero attached hydrogens (tertiary/aromatic N) is 6. The van der Waals surface area contributed by atoms with Gasteiger partial charge in [0.15, 0.2) is 11.5 Å². The Morgan fingerprint density at radius 2 is 1.85 bits per heavy atom. The normalized spacial score (nSPS) is 13.4. The molecule has 172 valence electrons. The maximum absolute atomic E-state index is 13.0. The van der Waals surface area contributed by atoms with Crippen LogP contribution < -0.4 is 10.6 Å². The van der Waals surface area contributed by atoms with Crippen molar-refractivity contribution in [1.82, 2.24) is 24.5 Å². The lowest BCUT2D eigenvalue weighted by atomic mass is 10.1. The van der Waals surface area contributed by atoms with Crippen LogP contribution in [-0.2, 0) is 31.0 Å². The Labute approximate surface area is 191 Å². The van der Waals surface area contributed by atoms with Crippen molar-refractivity contribution >= 4 is 17.5 Å². The number of aryl methyl sites for hydroxylation is 1. The van der Waals surface area contributed by atoms with Gasteiger partial charge in [-0.3, -0.25) is 9.69 Å². The van der Waals surface area contributed by atoms with Crippen molar-refractivity contribution < 1.29 is 18.0 Å². The number of nitrogen functional groups attached to an aromatic ring is 1. The summed E-state index contributed by atoms with van der Waals surface area (Å²) in [6.07, 6.45) is -0.190. The number of rotatable bonds is 4. The number of alkyl halides is 3. The molecule has 0 radical (unpaired) electrons. The van der Waals surface area contributed by atoms with Crippen molar-refractivity contribution in [3.05, 3.63) is 71.8 Å². The molecular formula is C23H18F3N7O. The van der Waals surface area contributed by atoms with Crippen LogP contribution in [0.3, 0.4) is 0 Å². The molecule has 0 fully saturated rings. The molecule has 1 aliphatic rings. The van der Waals surface area contributed by atoms with E-state index in [4.69, 9.17) is 5.73 Å². The lowest BCUT2D eigenvalue weighted by Crippen LogP contribution is -2.26. The van der Waals surface area contributed by atoms with Gasteiger partial charge in [-0.1, -0.05) is 24.3 Å². The van der Waals surface area contributed by atoms with E-state index >= 15 is 0 Å². The van der Waals surface area contributed by atoms with Crippen molar-refractivity contribution in [2.75, 3.05) is 10.6 Å². The van der Waals surface area contributed by atoms with Gasteiger partial charge in [-0.05, 0) is 17.7 Å². The summed E-state index contributed by atoms with van der Waals surface area (Å²) < 4.78 is 40.2. The predicted molar refractivity (Wildman–Crippen MR) is 118 cm³/mol. The van der Waals surface area contributed by atoms with E-state index in [1.807, 2.05) is 0 Å². The lowest BCUT2D eigenvalue weighted by Gasteiger charge is -2.17. The van der Waals surface area contributed by atoms with Crippen LogP contribution >= 0.6 is 0 Å². The number of hydrogen-bond donors (Lipinski definition) is 1. The number of fused-ring (bicyclic) bond motifs is 1. The topological polar surface area (TPSA) is 103 Å². The summed E-state index contributed by atoms with van der Waals surface area (Å²) in [5.41, 5.74) is 7.60. The zero-order valence-electron chi connectivity index (χ0n) is 17.9. The minimum absolute atomic E-state index is 0.122. The second-order valence-corrected chi connectivity index (χ2v) is 7.89. The Morgan fingerprint density at radius 3 is 2.53 bits per heavy atom. The van der Waals surface area contributed by atoms with Gasteiger partial charge in [0.1, 0.15) is 17.5 Å². The van der Waals surface area contributed by atoms with E-state index in [2.05, 4.69) is 19.9 Å². The van der Waals surface area contributed by atoms with Crippen molar-refractivity contribution in [2.24, 2.45) is 7.05 Å². The van der Waals surface area contributed by atoms with Crippen LogP contribution in [0, 0.1) is 0 Å². The standard InChI is InChI=1S/C23H18F3N7O/c1-32-12-17(23(24,25)26)30-21(32)14-6-4-13(5-7-14)11-33-18(34)9-15-10-29-20(31-22(15)33)16-3-2-8-28-19(16)27/h2-8,10,12H,9,11H2,1H3,(H2,27,28). The highest BCUT2D eigenvalue weighted by Crippen LogP contribution is 2.32. The number of imidazole rings is 1. The number of pyridine rings is 1. The van der Waals surface area contributed by atoms with E-state index in [1.54, 1.807) is 53.7 Å². The number of carbonyl (C=O) groups excluding carboxylic acids is 1. The molecule has 34 heavy (non-hydrogen) atoms. The third kappa shape index (κ3) is 3.85. The molecule has 3 aromatic heterocycles. The van der Waals surface area contributed by atoms with Crippen molar-refractivity contribution in [1.29, 1.82) is 0 Å². The molecule has 4 aromatic rings. The number of amides is 1. The molecule has 5 rings (SSSR count). The van der Waals surface area contributed by atoms with Crippen molar-refractivity contribution in [3.8, 4) is 22.8 Å². The zero-order chi connectivity index (χ0) is 24.0. The predicted octanol–water partition coefficient (Wildman–Crippen LogP) is 3.63. The first-order valence-electron chi connectivity index (χ1n) is 10.3. The number of halogens is 3. The maximum Gasteiger partial charge on any atom is 0.434 e. The molecule has 0 spiro atoms. The van der Waals surface area contributed by atoms with Crippen LogP contribution in [0.2, 0.25) is 0 Å². The Hall–Kier alpha value is -4.28. The SMILES string of the molecule is Cn1cc(C(F)(F)F)nc1-c1ccc(CN2C(=O)Cc3cnc(-c4cccnc4N)nc32)cc1. The molecule has 0 unspecified atom stereocenters.